The Hall–Kier alpha value is -2.17. The molecule has 0 spiro atoms. The summed E-state index contributed by atoms with van der Waals surface area (Å²) in [7, 11) is 1.82. The molecule has 0 aliphatic carbocycles. The number of anilines is 1. The van der Waals surface area contributed by atoms with E-state index in [0.29, 0.717) is 10.8 Å². The number of rotatable bonds is 5. The quantitative estimate of drug-likeness (QED) is 0.308. The Kier molecular flexibility index (Phi) is 7.37. The number of allylic oxidation sites excluding steroid dienone is 1. The summed E-state index contributed by atoms with van der Waals surface area (Å²) in [4.78, 5) is 12.3. The van der Waals surface area contributed by atoms with Crippen molar-refractivity contribution < 1.29 is 9.21 Å². The topological polar surface area (TPSA) is 42.2 Å². The third-order valence-corrected chi connectivity index (χ3v) is 4.72. The second-order valence-electron chi connectivity index (χ2n) is 5.15. The van der Waals surface area contributed by atoms with Crippen LogP contribution in [0.4, 0.5) is 5.69 Å². The third-order valence-electron chi connectivity index (χ3n) is 3.76. The number of carbonyl (C=O) groups is 1. The molecule has 3 nitrogen and oxygen atoms in total. The maximum Gasteiger partial charge on any atom is 0.159 e. The Balaban J connectivity index is 0.00000117. The van der Waals surface area contributed by atoms with Crippen molar-refractivity contribution in [3.63, 3.8) is 0 Å². The van der Waals surface area contributed by atoms with Crippen LogP contribution in [0, 0.1) is 0 Å². The lowest BCUT2D eigenvalue weighted by Crippen LogP contribution is -1.94. The second kappa shape index (κ2) is 9.51. The average Bonchev–Trinajstić information content (AvgIpc) is 3.04. The number of furan rings is 1. The number of nitrogens with one attached hydrogen (secondary N) is 1. The number of aldehydes is 1. The van der Waals surface area contributed by atoms with E-state index >= 15 is 0 Å². The van der Waals surface area contributed by atoms with Gasteiger partial charge in [-0.25, -0.2) is 0 Å². The number of fused-ring (bicyclic) bond motifs is 1. The van der Waals surface area contributed by atoms with Crippen LogP contribution in [-0.4, -0.2) is 19.6 Å². The zero-order valence-electron chi connectivity index (χ0n) is 15.3. The highest BCUT2D eigenvalue weighted by molar-refractivity contribution is 7.98. The molecule has 3 aromatic rings. The minimum atomic E-state index is 0.625. The van der Waals surface area contributed by atoms with Gasteiger partial charge in [-0.3, -0.25) is 4.79 Å². The molecule has 0 atom stereocenters. The van der Waals surface area contributed by atoms with Crippen LogP contribution in [-0.2, 0) is 4.79 Å². The Morgan fingerprint density at radius 2 is 1.96 bits per heavy atom. The van der Waals surface area contributed by atoms with Gasteiger partial charge in [0.1, 0.15) is 11.9 Å². The zero-order chi connectivity index (χ0) is 19.1. The van der Waals surface area contributed by atoms with Crippen LogP contribution >= 0.6 is 23.4 Å². The van der Waals surface area contributed by atoms with Crippen LogP contribution < -0.4 is 5.32 Å². The first kappa shape index (κ1) is 20.1. The monoisotopic (exact) mass is 387 g/mol. The van der Waals surface area contributed by atoms with Crippen LogP contribution in [0.3, 0.4) is 0 Å². The van der Waals surface area contributed by atoms with E-state index in [1.165, 1.54) is 6.08 Å². The van der Waals surface area contributed by atoms with Crippen LogP contribution in [0.5, 0.6) is 0 Å². The van der Waals surface area contributed by atoms with Gasteiger partial charge in [-0.1, -0.05) is 37.6 Å². The largest absolute Gasteiger partial charge is 0.454 e. The number of hydrogen-bond acceptors (Lipinski definition) is 4. The molecule has 0 saturated heterocycles. The molecule has 0 amide bonds. The summed E-state index contributed by atoms with van der Waals surface area (Å²) in [5, 5.41) is 4.69. The van der Waals surface area contributed by atoms with E-state index in [1.54, 1.807) is 17.8 Å². The lowest BCUT2D eigenvalue weighted by molar-refractivity contribution is -0.104. The minimum absolute atomic E-state index is 0.625. The first-order chi connectivity index (χ1) is 12.7. The maximum atomic E-state index is 11.2. The van der Waals surface area contributed by atoms with Gasteiger partial charge in [-0.2, -0.15) is 0 Å². The Labute approximate surface area is 163 Å². The maximum absolute atomic E-state index is 11.2. The van der Waals surface area contributed by atoms with Crippen molar-refractivity contribution in [2.75, 3.05) is 18.6 Å². The van der Waals surface area contributed by atoms with Crippen molar-refractivity contribution >= 4 is 51.9 Å². The van der Waals surface area contributed by atoms with Gasteiger partial charge in [0.2, 0.25) is 0 Å². The van der Waals surface area contributed by atoms with Gasteiger partial charge in [0.25, 0.3) is 0 Å². The standard InChI is InChI=1S/C19H16ClNO2S.C2H6/c1-21-18-16-11-13(20)6-7-17(16)23-19(18)15(8-9-22)12-4-3-5-14(10-12)24-2;1-2/h3-11,21H,1-2H3;1-2H3/b15-8-;. The minimum Gasteiger partial charge on any atom is -0.454 e. The molecule has 0 bridgehead atoms. The van der Waals surface area contributed by atoms with E-state index in [0.717, 1.165) is 39.0 Å². The van der Waals surface area contributed by atoms with Crippen LogP contribution in [0.2, 0.25) is 5.02 Å². The summed E-state index contributed by atoms with van der Waals surface area (Å²) < 4.78 is 6.03. The van der Waals surface area contributed by atoms with Crippen LogP contribution in [0.1, 0.15) is 25.2 Å². The molecule has 136 valence electrons. The van der Waals surface area contributed by atoms with Gasteiger partial charge in [0.05, 0.1) is 5.69 Å². The molecule has 0 aliphatic heterocycles. The predicted octanol–water partition coefficient (Wildman–Crippen LogP) is 6.51. The van der Waals surface area contributed by atoms with E-state index < -0.39 is 0 Å². The summed E-state index contributed by atoms with van der Waals surface area (Å²) in [6.45, 7) is 4.00. The van der Waals surface area contributed by atoms with Crippen molar-refractivity contribution in [3.05, 3.63) is 64.9 Å². The average molecular weight is 388 g/mol. The number of halogens is 1. The third kappa shape index (κ3) is 4.14. The number of benzene rings is 2. The molecule has 0 saturated carbocycles. The molecular formula is C21H22ClNO2S. The molecule has 5 heteroatoms. The fourth-order valence-corrected chi connectivity index (χ4v) is 3.30. The van der Waals surface area contributed by atoms with Crippen molar-refractivity contribution in [2.45, 2.75) is 18.7 Å². The van der Waals surface area contributed by atoms with E-state index in [2.05, 4.69) is 5.32 Å². The fourth-order valence-electron chi connectivity index (χ4n) is 2.67. The second-order valence-corrected chi connectivity index (χ2v) is 6.46. The molecule has 0 aliphatic rings. The number of carbonyl (C=O) groups excluding carboxylic acids is 1. The molecule has 26 heavy (non-hydrogen) atoms. The van der Waals surface area contributed by atoms with Crippen LogP contribution in [0.15, 0.2) is 57.9 Å². The summed E-state index contributed by atoms with van der Waals surface area (Å²) in [5.74, 6) is 0.625. The van der Waals surface area contributed by atoms with E-state index in [9.17, 15) is 4.79 Å². The van der Waals surface area contributed by atoms with Gasteiger partial charge in [0, 0.05) is 27.9 Å². The summed E-state index contributed by atoms with van der Waals surface area (Å²) >= 11 is 7.76. The summed E-state index contributed by atoms with van der Waals surface area (Å²) in [6.07, 6.45) is 4.32. The molecule has 0 radical (unpaired) electrons. The van der Waals surface area contributed by atoms with Crippen LogP contribution in [0.25, 0.3) is 16.5 Å². The van der Waals surface area contributed by atoms with Gasteiger partial charge in [-0.15, -0.1) is 11.8 Å². The van der Waals surface area contributed by atoms with Crippen molar-refractivity contribution in [2.24, 2.45) is 0 Å². The van der Waals surface area contributed by atoms with Gasteiger partial charge in [0.15, 0.2) is 5.76 Å². The first-order valence-electron chi connectivity index (χ1n) is 8.38. The van der Waals surface area contributed by atoms with Gasteiger partial charge >= 0.3 is 0 Å². The molecule has 0 unspecified atom stereocenters. The van der Waals surface area contributed by atoms with Gasteiger partial charge < -0.3 is 9.73 Å². The molecule has 1 aromatic heterocycles. The van der Waals surface area contributed by atoms with E-state index in [-0.39, 0.29) is 0 Å². The van der Waals surface area contributed by atoms with Gasteiger partial charge in [-0.05, 0) is 48.2 Å². The number of thioether (sulfide) groups is 1. The molecule has 2 aromatic carbocycles. The highest BCUT2D eigenvalue weighted by Gasteiger charge is 2.18. The molecule has 0 fully saturated rings. The molecule has 1 heterocycles. The van der Waals surface area contributed by atoms with E-state index in [4.69, 9.17) is 16.0 Å². The normalized spacial score (nSPS) is 11.0. The smallest absolute Gasteiger partial charge is 0.159 e. The van der Waals surface area contributed by atoms with E-state index in [1.807, 2.05) is 63.5 Å². The fraction of sp³-hybridized carbons (Fsp3) is 0.190. The Morgan fingerprint density at radius 3 is 2.62 bits per heavy atom. The summed E-state index contributed by atoms with van der Waals surface area (Å²) in [5.41, 5.74) is 3.19. The predicted molar refractivity (Wildman–Crippen MR) is 113 cm³/mol. The zero-order valence-corrected chi connectivity index (χ0v) is 16.9. The highest BCUT2D eigenvalue weighted by atomic mass is 35.5. The summed E-state index contributed by atoms with van der Waals surface area (Å²) in [6, 6.07) is 13.5. The molecule has 1 N–H and O–H groups in total. The molecule has 3 rings (SSSR count). The van der Waals surface area contributed by atoms with Crippen molar-refractivity contribution in [1.29, 1.82) is 0 Å². The SMILES string of the molecule is CC.CNc1c(/C(=C\C=O)c2cccc(SC)c2)oc2ccc(Cl)cc12. The highest BCUT2D eigenvalue weighted by Crippen LogP contribution is 2.39. The Morgan fingerprint density at radius 1 is 1.19 bits per heavy atom. The lowest BCUT2D eigenvalue weighted by atomic mass is 10.0. The Bertz CT molecular complexity index is 931. The lowest BCUT2D eigenvalue weighted by Gasteiger charge is -2.08. The first-order valence-corrected chi connectivity index (χ1v) is 9.98. The van der Waals surface area contributed by atoms with Crippen molar-refractivity contribution in [3.8, 4) is 0 Å². The molecular weight excluding hydrogens is 366 g/mol. The number of hydrogen-bond donors (Lipinski definition) is 1. The van der Waals surface area contributed by atoms with Crippen molar-refractivity contribution in [1.82, 2.24) is 0 Å².